The summed E-state index contributed by atoms with van der Waals surface area (Å²) in [7, 11) is 2.99. The van der Waals surface area contributed by atoms with Crippen LogP contribution in [-0.4, -0.2) is 22.9 Å². The molecule has 0 amide bonds. The second kappa shape index (κ2) is 3.63. The molecule has 5 heteroatoms. The maximum Gasteiger partial charge on any atom is 0.384 e. The van der Waals surface area contributed by atoms with Crippen LogP contribution in [0.25, 0.3) is 0 Å². The minimum Gasteiger partial charge on any atom is -0.459 e. The highest BCUT2D eigenvalue weighted by molar-refractivity contribution is 5.89. The van der Waals surface area contributed by atoms with Crippen LogP contribution in [-0.2, 0) is 16.6 Å². The van der Waals surface area contributed by atoms with Gasteiger partial charge in [-0.25, -0.2) is 4.79 Å². The van der Waals surface area contributed by atoms with Crippen LogP contribution in [0.2, 0.25) is 0 Å². The van der Waals surface area contributed by atoms with Gasteiger partial charge in [-0.1, -0.05) is 0 Å². The average molecular weight is 179 g/mol. The van der Waals surface area contributed by atoms with Crippen molar-refractivity contribution in [3.05, 3.63) is 11.8 Å². The molecule has 0 aliphatic carbocycles. The zero-order chi connectivity index (χ0) is 9.84. The van der Waals surface area contributed by atoms with E-state index in [1.807, 2.05) is 0 Å². The van der Waals surface area contributed by atoms with E-state index in [1.165, 1.54) is 11.8 Å². The minimum atomic E-state index is -0.594. The molecule has 1 aromatic heterocycles. The first kappa shape index (κ1) is 9.13. The summed E-state index contributed by atoms with van der Waals surface area (Å²) in [6, 6.07) is 0. The number of ether oxygens (including phenoxy) is 1. The van der Waals surface area contributed by atoms with Crippen LogP contribution in [0.4, 0.5) is 5.82 Å². The summed E-state index contributed by atoms with van der Waals surface area (Å²) in [6.07, 6.45) is 1.63. The maximum atomic E-state index is 10.6. The van der Waals surface area contributed by atoms with Crippen molar-refractivity contribution in [3.63, 3.8) is 0 Å². The molecule has 0 fully saturated rings. The van der Waals surface area contributed by atoms with Crippen LogP contribution in [0.3, 0.4) is 0 Å². The highest BCUT2D eigenvalue weighted by Crippen LogP contribution is 2.04. The molecular weight excluding hydrogens is 170 g/mol. The Kier molecular flexibility index (Phi) is 2.55. The molecule has 68 valence electrons. The van der Waals surface area contributed by atoms with E-state index >= 15 is 0 Å². The van der Waals surface area contributed by atoms with E-state index in [0.717, 1.165) is 0 Å². The van der Waals surface area contributed by atoms with Crippen LogP contribution in [0.5, 0.6) is 0 Å². The first-order valence-electron chi connectivity index (χ1n) is 3.52. The van der Waals surface area contributed by atoms with E-state index in [0.29, 0.717) is 11.4 Å². The van der Waals surface area contributed by atoms with Crippen LogP contribution >= 0.6 is 0 Å². The normalized spacial score (nSPS) is 8.77. The number of carbonyl (C=O) groups is 1. The largest absolute Gasteiger partial charge is 0.459 e. The topological polar surface area (TPSA) is 70.1 Å². The molecule has 1 heterocycles. The Morgan fingerprint density at radius 1 is 1.77 bits per heavy atom. The van der Waals surface area contributed by atoms with Gasteiger partial charge in [0.25, 0.3) is 0 Å². The van der Waals surface area contributed by atoms with Crippen LogP contribution in [0.15, 0.2) is 6.20 Å². The second-order valence-electron chi connectivity index (χ2n) is 2.34. The Bertz CT molecular complexity index is 384. The van der Waals surface area contributed by atoms with Gasteiger partial charge in [-0.2, -0.15) is 5.10 Å². The number of carbonyl (C=O) groups excluding carboxylic acids is 1. The average Bonchev–Trinajstić information content (AvgIpc) is 2.41. The van der Waals surface area contributed by atoms with Gasteiger partial charge >= 0.3 is 5.97 Å². The molecule has 0 aliphatic rings. The number of nitrogen functional groups attached to an aromatic ring is 1. The summed E-state index contributed by atoms with van der Waals surface area (Å²) >= 11 is 0. The molecule has 0 unspecified atom stereocenters. The number of hydrogen-bond donors (Lipinski definition) is 1. The molecule has 0 bridgehead atoms. The first-order valence-corrected chi connectivity index (χ1v) is 3.52. The predicted molar refractivity (Wildman–Crippen MR) is 46.5 cm³/mol. The molecule has 0 aromatic carbocycles. The number of anilines is 1. The van der Waals surface area contributed by atoms with Crippen molar-refractivity contribution in [1.82, 2.24) is 9.78 Å². The SMILES string of the molecule is COC(=O)C#Cc1cn(C)nc1N. The summed E-state index contributed by atoms with van der Waals surface area (Å²) in [6.45, 7) is 0. The lowest BCUT2D eigenvalue weighted by Crippen LogP contribution is -1.95. The van der Waals surface area contributed by atoms with Crippen LogP contribution in [0.1, 0.15) is 5.56 Å². The van der Waals surface area contributed by atoms with Gasteiger partial charge in [-0.15, -0.1) is 0 Å². The van der Waals surface area contributed by atoms with Crippen molar-refractivity contribution in [2.45, 2.75) is 0 Å². The van der Waals surface area contributed by atoms with E-state index in [4.69, 9.17) is 5.73 Å². The van der Waals surface area contributed by atoms with Gasteiger partial charge in [0, 0.05) is 19.2 Å². The summed E-state index contributed by atoms with van der Waals surface area (Å²) in [4.78, 5) is 10.6. The van der Waals surface area contributed by atoms with E-state index in [1.54, 1.807) is 13.2 Å². The number of nitrogens with zero attached hydrogens (tertiary/aromatic N) is 2. The van der Waals surface area contributed by atoms with Gasteiger partial charge < -0.3 is 10.5 Å². The van der Waals surface area contributed by atoms with Crippen LogP contribution in [0, 0.1) is 11.8 Å². The number of esters is 1. The summed E-state index contributed by atoms with van der Waals surface area (Å²) in [5, 5.41) is 3.85. The Labute approximate surface area is 75.5 Å². The standard InChI is InChI=1S/C8H9N3O2/c1-11-5-6(8(9)10-11)3-4-7(12)13-2/h5H,1-2H3,(H2,9,10). The molecule has 1 aromatic rings. The van der Waals surface area contributed by atoms with Crippen molar-refractivity contribution in [1.29, 1.82) is 0 Å². The number of hydrogen-bond acceptors (Lipinski definition) is 4. The van der Waals surface area contributed by atoms with E-state index in [2.05, 4.69) is 21.7 Å². The zero-order valence-corrected chi connectivity index (χ0v) is 7.37. The molecule has 0 radical (unpaired) electrons. The Morgan fingerprint density at radius 3 is 2.92 bits per heavy atom. The number of rotatable bonds is 0. The third-order valence-corrected chi connectivity index (χ3v) is 1.34. The van der Waals surface area contributed by atoms with Crippen molar-refractivity contribution >= 4 is 11.8 Å². The lowest BCUT2D eigenvalue weighted by Gasteiger charge is -1.84. The third-order valence-electron chi connectivity index (χ3n) is 1.34. The number of methoxy groups -OCH3 is 1. The van der Waals surface area contributed by atoms with Gasteiger partial charge in [0.1, 0.15) is 0 Å². The van der Waals surface area contributed by atoms with E-state index in [9.17, 15) is 4.79 Å². The molecule has 0 aliphatic heterocycles. The number of aryl methyl sites for hydroxylation is 1. The van der Waals surface area contributed by atoms with Crippen molar-refractivity contribution < 1.29 is 9.53 Å². The van der Waals surface area contributed by atoms with Gasteiger partial charge in [-0.3, -0.25) is 4.68 Å². The fourth-order valence-electron chi connectivity index (χ4n) is 0.771. The molecule has 0 atom stereocenters. The highest BCUT2D eigenvalue weighted by Gasteiger charge is 1.99. The molecule has 0 spiro atoms. The molecule has 0 saturated heterocycles. The molecule has 5 nitrogen and oxygen atoms in total. The Hall–Kier alpha value is -1.96. The quantitative estimate of drug-likeness (QED) is 0.431. The van der Waals surface area contributed by atoms with Crippen molar-refractivity contribution in [3.8, 4) is 11.8 Å². The minimum absolute atomic E-state index is 0.305. The molecule has 1 rings (SSSR count). The lowest BCUT2D eigenvalue weighted by atomic mass is 10.3. The third kappa shape index (κ3) is 2.24. The zero-order valence-electron chi connectivity index (χ0n) is 7.37. The van der Waals surface area contributed by atoms with Crippen molar-refractivity contribution in [2.24, 2.45) is 7.05 Å². The fourth-order valence-corrected chi connectivity index (χ4v) is 0.771. The maximum absolute atomic E-state index is 10.6. The fraction of sp³-hybridized carbons (Fsp3) is 0.250. The van der Waals surface area contributed by atoms with Gasteiger partial charge in [0.2, 0.25) is 0 Å². The molecule has 2 N–H and O–H groups in total. The van der Waals surface area contributed by atoms with E-state index < -0.39 is 5.97 Å². The Morgan fingerprint density at radius 2 is 2.46 bits per heavy atom. The van der Waals surface area contributed by atoms with Crippen LogP contribution < -0.4 is 5.73 Å². The monoisotopic (exact) mass is 179 g/mol. The number of nitrogens with two attached hydrogens (primary N) is 1. The highest BCUT2D eigenvalue weighted by atomic mass is 16.5. The van der Waals surface area contributed by atoms with Gasteiger partial charge in [0.05, 0.1) is 12.7 Å². The van der Waals surface area contributed by atoms with Gasteiger partial charge in [-0.05, 0) is 5.92 Å². The smallest absolute Gasteiger partial charge is 0.384 e. The molecule has 0 saturated carbocycles. The molecule has 13 heavy (non-hydrogen) atoms. The second-order valence-corrected chi connectivity index (χ2v) is 2.34. The van der Waals surface area contributed by atoms with Crippen molar-refractivity contribution in [2.75, 3.05) is 12.8 Å². The summed E-state index contributed by atoms with van der Waals surface area (Å²) in [5.41, 5.74) is 6.00. The summed E-state index contributed by atoms with van der Waals surface area (Å²) < 4.78 is 5.86. The summed E-state index contributed by atoms with van der Waals surface area (Å²) in [5.74, 6) is 4.52. The first-order chi connectivity index (χ1) is 6.13. The van der Waals surface area contributed by atoms with E-state index in [-0.39, 0.29) is 0 Å². The number of aromatic nitrogens is 2. The Balaban J connectivity index is 2.89. The van der Waals surface area contributed by atoms with Gasteiger partial charge in [0.15, 0.2) is 5.82 Å². The predicted octanol–water partition coefficient (Wildman–Crippen LogP) is -0.473. The molecular formula is C8H9N3O2. The lowest BCUT2D eigenvalue weighted by molar-refractivity contribution is -0.133.